The van der Waals surface area contributed by atoms with Crippen LogP contribution >= 0.6 is 0 Å². The van der Waals surface area contributed by atoms with Crippen LogP contribution in [0, 0.1) is 6.92 Å². The number of aromatic nitrogens is 1. The molecule has 2 heterocycles. The first-order valence-electron chi connectivity index (χ1n) is 9.02. The molecule has 4 rings (SSSR count). The summed E-state index contributed by atoms with van der Waals surface area (Å²) in [6.45, 7) is 3.27. The molecule has 0 spiro atoms. The van der Waals surface area contributed by atoms with Crippen LogP contribution in [0.4, 0.5) is 10.5 Å². The van der Waals surface area contributed by atoms with Crippen molar-refractivity contribution in [2.75, 3.05) is 18.4 Å². The molecule has 1 saturated heterocycles. The van der Waals surface area contributed by atoms with Gasteiger partial charge in [0.1, 0.15) is 5.52 Å². The van der Waals surface area contributed by atoms with Crippen molar-refractivity contribution in [2.45, 2.75) is 25.5 Å². The number of piperidine rings is 1. The maximum Gasteiger partial charge on any atom is 0.319 e. The van der Waals surface area contributed by atoms with Gasteiger partial charge in [-0.05, 0) is 44.2 Å². The summed E-state index contributed by atoms with van der Waals surface area (Å²) in [6.07, 6.45) is 0.105. The van der Waals surface area contributed by atoms with Crippen molar-refractivity contribution in [2.24, 2.45) is 0 Å². The summed E-state index contributed by atoms with van der Waals surface area (Å²) < 4.78 is 5.87. The number of aliphatic hydroxyl groups excluding tert-OH is 1. The van der Waals surface area contributed by atoms with Gasteiger partial charge in [0.25, 0.3) is 0 Å². The maximum atomic E-state index is 12.2. The Balaban J connectivity index is 1.49. The van der Waals surface area contributed by atoms with Crippen LogP contribution in [-0.2, 0) is 0 Å². The second kappa shape index (κ2) is 7.38. The minimum atomic E-state index is -0.585. The van der Waals surface area contributed by atoms with E-state index in [0.29, 0.717) is 30.1 Å². The number of anilines is 1. The fraction of sp³-hybridized carbons (Fsp3) is 0.300. The van der Waals surface area contributed by atoms with E-state index in [4.69, 9.17) is 4.42 Å². The molecule has 0 radical (unpaired) electrons. The number of hydrogen-bond acceptors (Lipinski definition) is 5. The number of nitrogens with one attached hydrogen (secondary N) is 3. The molecule has 140 valence electrons. The molecule has 0 bridgehead atoms. The molecule has 2 atom stereocenters. The van der Waals surface area contributed by atoms with Crippen molar-refractivity contribution in [3.05, 3.63) is 48.0 Å². The number of aryl methyl sites for hydroxylation is 1. The van der Waals surface area contributed by atoms with Crippen LogP contribution in [0.5, 0.6) is 0 Å². The van der Waals surface area contributed by atoms with Gasteiger partial charge in [-0.25, -0.2) is 9.78 Å². The van der Waals surface area contributed by atoms with E-state index < -0.39 is 6.10 Å². The van der Waals surface area contributed by atoms with Gasteiger partial charge in [-0.15, -0.1) is 0 Å². The highest BCUT2D eigenvalue weighted by Gasteiger charge is 2.24. The third kappa shape index (κ3) is 3.94. The van der Waals surface area contributed by atoms with Crippen LogP contribution in [0.25, 0.3) is 22.6 Å². The van der Waals surface area contributed by atoms with Crippen LogP contribution in [0.2, 0.25) is 0 Å². The molecule has 27 heavy (non-hydrogen) atoms. The summed E-state index contributed by atoms with van der Waals surface area (Å²) in [4.78, 5) is 16.7. The smallest absolute Gasteiger partial charge is 0.319 e. The van der Waals surface area contributed by atoms with E-state index in [9.17, 15) is 9.90 Å². The molecule has 1 aliphatic rings. The van der Waals surface area contributed by atoms with Crippen molar-refractivity contribution in [1.82, 2.24) is 15.6 Å². The lowest BCUT2D eigenvalue weighted by Gasteiger charge is -2.29. The molecule has 1 aromatic heterocycles. The number of aliphatic hydroxyl groups is 1. The summed E-state index contributed by atoms with van der Waals surface area (Å²) in [5.41, 5.74) is 3.99. The highest BCUT2D eigenvalue weighted by molar-refractivity contribution is 5.92. The van der Waals surface area contributed by atoms with Gasteiger partial charge in [0.2, 0.25) is 5.89 Å². The maximum absolute atomic E-state index is 12.2. The predicted octanol–water partition coefficient (Wildman–Crippen LogP) is 2.65. The number of urea groups is 1. The van der Waals surface area contributed by atoms with E-state index >= 15 is 0 Å². The Kier molecular flexibility index (Phi) is 4.79. The monoisotopic (exact) mass is 366 g/mol. The average molecular weight is 366 g/mol. The number of carbonyl (C=O) groups is 1. The Morgan fingerprint density at radius 3 is 3.00 bits per heavy atom. The molecule has 0 saturated carbocycles. The summed E-state index contributed by atoms with van der Waals surface area (Å²) in [7, 11) is 0. The van der Waals surface area contributed by atoms with Crippen LogP contribution in [0.3, 0.4) is 0 Å². The van der Waals surface area contributed by atoms with Crippen molar-refractivity contribution in [3.63, 3.8) is 0 Å². The number of oxazole rings is 1. The van der Waals surface area contributed by atoms with E-state index in [1.807, 2.05) is 37.3 Å². The number of fused-ring (bicyclic) bond motifs is 1. The first-order valence-corrected chi connectivity index (χ1v) is 9.02. The first-order chi connectivity index (χ1) is 13.1. The van der Waals surface area contributed by atoms with Crippen LogP contribution < -0.4 is 16.0 Å². The molecule has 2 amide bonds. The molecule has 1 aliphatic heterocycles. The summed E-state index contributed by atoms with van der Waals surface area (Å²) in [6, 6.07) is 12.7. The number of hydrogen-bond donors (Lipinski definition) is 4. The number of nitrogens with zero attached hydrogens (tertiary/aromatic N) is 1. The zero-order chi connectivity index (χ0) is 18.8. The second-order valence-electron chi connectivity index (χ2n) is 6.84. The van der Waals surface area contributed by atoms with Gasteiger partial charge in [-0.2, -0.15) is 0 Å². The van der Waals surface area contributed by atoms with E-state index in [1.165, 1.54) is 0 Å². The molecular formula is C20H22N4O3. The van der Waals surface area contributed by atoms with Gasteiger partial charge in [0.15, 0.2) is 5.58 Å². The number of amides is 2. The van der Waals surface area contributed by atoms with E-state index in [1.54, 1.807) is 12.1 Å². The van der Waals surface area contributed by atoms with Gasteiger partial charge in [-0.3, -0.25) is 0 Å². The minimum Gasteiger partial charge on any atom is -0.436 e. The number of β-amino-alcohol motifs (C(OH)–C–C–N with tert-alkyl or cyclic N) is 1. The molecule has 1 fully saturated rings. The fourth-order valence-electron chi connectivity index (χ4n) is 3.25. The molecular weight excluding hydrogens is 344 g/mol. The SMILES string of the molecule is Cc1cccc(-c2nc3ccc(NC(=O)N[C@@H]4CCNC[C@H]4O)cc3o2)c1. The fourth-order valence-corrected chi connectivity index (χ4v) is 3.25. The molecule has 2 aromatic carbocycles. The Labute approximate surface area is 156 Å². The lowest BCUT2D eigenvalue weighted by atomic mass is 10.0. The minimum absolute atomic E-state index is 0.256. The number of carbonyl (C=O) groups excluding carboxylic acids is 1. The van der Waals surface area contributed by atoms with Crippen molar-refractivity contribution in [1.29, 1.82) is 0 Å². The van der Waals surface area contributed by atoms with Crippen LogP contribution in [-0.4, -0.2) is 41.4 Å². The van der Waals surface area contributed by atoms with E-state index in [2.05, 4.69) is 20.9 Å². The highest BCUT2D eigenvalue weighted by Crippen LogP contribution is 2.26. The van der Waals surface area contributed by atoms with Crippen molar-refractivity contribution >= 4 is 22.8 Å². The normalized spacial score (nSPS) is 19.8. The standard InChI is InChI=1S/C20H22N4O3/c1-12-3-2-4-13(9-12)19-23-16-6-5-14(10-18(16)27-19)22-20(26)24-15-7-8-21-11-17(15)25/h2-6,9-10,15,17,21,25H,7-8,11H2,1H3,(H2,22,24,26)/t15-,17-/m1/s1. The Morgan fingerprint density at radius 2 is 2.19 bits per heavy atom. The lowest BCUT2D eigenvalue weighted by molar-refractivity contribution is 0.107. The van der Waals surface area contributed by atoms with Crippen LogP contribution in [0.1, 0.15) is 12.0 Å². The first kappa shape index (κ1) is 17.5. The predicted molar refractivity (Wildman–Crippen MR) is 104 cm³/mol. The molecule has 0 unspecified atom stereocenters. The highest BCUT2D eigenvalue weighted by atomic mass is 16.3. The number of benzene rings is 2. The van der Waals surface area contributed by atoms with Gasteiger partial charge < -0.3 is 25.5 Å². The van der Waals surface area contributed by atoms with Gasteiger partial charge in [0.05, 0.1) is 12.1 Å². The van der Waals surface area contributed by atoms with Gasteiger partial charge in [0, 0.05) is 23.9 Å². The molecule has 0 aliphatic carbocycles. The second-order valence-corrected chi connectivity index (χ2v) is 6.84. The lowest BCUT2D eigenvalue weighted by Crippen LogP contribution is -2.53. The van der Waals surface area contributed by atoms with E-state index in [0.717, 1.165) is 23.2 Å². The Morgan fingerprint density at radius 1 is 1.30 bits per heavy atom. The largest absolute Gasteiger partial charge is 0.436 e. The molecule has 7 heteroatoms. The molecule has 4 N–H and O–H groups in total. The summed E-state index contributed by atoms with van der Waals surface area (Å²) >= 11 is 0. The topological polar surface area (TPSA) is 99.4 Å². The van der Waals surface area contributed by atoms with Crippen molar-refractivity contribution in [3.8, 4) is 11.5 Å². The summed E-state index contributed by atoms with van der Waals surface area (Å²) in [5, 5.41) is 18.6. The Bertz CT molecular complexity index is 969. The third-order valence-corrected chi connectivity index (χ3v) is 4.68. The quantitative estimate of drug-likeness (QED) is 0.571. The molecule has 3 aromatic rings. The average Bonchev–Trinajstić information content (AvgIpc) is 3.07. The number of rotatable bonds is 3. The zero-order valence-electron chi connectivity index (χ0n) is 15.0. The van der Waals surface area contributed by atoms with Crippen molar-refractivity contribution < 1.29 is 14.3 Å². The third-order valence-electron chi connectivity index (χ3n) is 4.68. The molecule has 7 nitrogen and oxygen atoms in total. The van der Waals surface area contributed by atoms with Crippen LogP contribution in [0.15, 0.2) is 46.9 Å². The zero-order valence-corrected chi connectivity index (χ0v) is 15.0. The Hall–Kier alpha value is -2.90. The van der Waals surface area contributed by atoms with E-state index in [-0.39, 0.29) is 12.1 Å². The summed E-state index contributed by atoms with van der Waals surface area (Å²) in [5.74, 6) is 0.549. The van der Waals surface area contributed by atoms with Gasteiger partial charge >= 0.3 is 6.03 Å². The van der Waals surface area contributed by atoms with Gasteiger partial charge in [-0.1, -0.05) is 17.7 Å².